The monoisotopic (exact) mass is 607 g/mol. The third-order valence-electron chi connectivity index (χ3n) is 8.07. The van der Waals surface area contributed by atoms with Gasteiger partial charge in [-0.25, -0.2) is 13.8 Å². The number of aromatic nitrogens is 3. The van der Waals surface area contributed by atoms with E-state index in [4.69, 9.17) is 26.8 Å². The summed E-state index contributed by atoms with van der Waals surface area (Å²) in [5, 5.41) is 7.90. The summed E-state index contributed by atoms with van der Waals surface area (Å²) in [4.78, 5) is 30.4. The van der Waals surface area contributed by atoms with Crippen LogP contribution in [0.5, 0.6) is 11.5 Å². The second-order valence-corrected chi connectivity index (χ2v) is 11.4. The predicted molar refractivity (Wildman–Crippen MR) is 156 cm³/mol. The van der Waals surface area contributed by atoms with Crippen LogP contribution in [0.2, 0.25) is 5.02 Å². The molecule has 2 aromatic carbocycles. The first-order chi connectivity index (χ1) is 20.5. The lowest BCUT2D eigenvalue weighted by Crippen LogP contribution is -2.39. The average Bonchev–Trinajstić information content (AvgIpc) is 3.67. The lowest BCUT2D eigenvalue weighted by molar-refractivity contribution is -0.123. The molecule has 0 saturated heterocycles. The number of primary amides is 1. The van der Waals surface area contributed by atoms with Gasteiger partial charge in [0.2, 0.25) is 5.91 Å². The lowest BCUT2D eigenvalue weighted by Gasteiger charge is -2.21. The van der Waals surface area contributed by atoms with E-state index in [1.165, 1.54) is 19.2 Å². The van der Waals surface area contributed by atoms with Gasteiger partial charge in [0, 0.05) is 40.7 Å². The molecule has 3 heterocycles. The minimum Gasteiger partial charge on any atom is -0.494 e. The summed E-state index contributed by atoms with van der Waals surface area (Å²) >= 11 is 5.78. The Bertz CT molecular complexity index is 1820. The fourth-order valence-electron chi connectivity index (χ4n) is 5.24. The molecule has 3 N–H and O–H groups in total. The van der Waals surface area contributed by atoms with Crippen LogP contribution in [-0.4, -0.2) is 46.8 Å². The maximum absolute atomic E-state index is 15.1. The third kappa shape index (κ3) is 4.87. The molecular weight excluding hydrogens is 580 g/mol. The minimum absolute atomic E-state index is 0.0217. The van der Waals surface area contributed by atoms with Crippen molar-refractivity contribution in [3.05, 3.63) is 82.7 Å². The first-order valence-electron chi connectivity index (χ1n) is 13.6. The molecule has 1 saturated carbocycles. The van der Waals surface area contributed by atoms with E-state index in [-0.39, 0.29) is 36.1 Å². The molecule has 2 amide bonds. The molecule has 9 nitrogen and oxygen atoms in total. The number of benzene rings is 2. The van der Waals surface area contributed by atoms with Crippen molar-refractivity contribution >= 4 is 34.3 Å². The van der Waals surface area contributed by atoms with E-state index in [2.05, 4.69) is 22.0 Å². The van der Waals surface area contributed by atoms with Crippen LogP contribution >= 0.6 is 11.6 Å². The first kappa shape index (κ1) is 28.6. The summed E-state index contributed by atoms with van der Waals surface area (Å²) < 4.78 is 42.8. The smallest absolute Gasteiger partial charge is 0.251 e. The highest BCUT2D eigenvalue weighted by Crippen LogP contribution is 2.46. The van der Waals surface area contributed by atoms with Crippen molar-refractivity contribution in [1.82, 2.24) is 20.1 Å². The van der Waals surface area contributed by atoms with Gasteiger partial charge >= 0.3 is 0 Å². The molecule has 1 aliphatic carbocycles. The van der Waals surface area contributed by atoms with E-state index in [0.29, 0.717) is 34.1 Å². The SMILES string of the molecule is C=C[C@H](CNC(=O)c1cc(OC)c2nn(C3CC3)cc2c1)c1cc2c(c(-c3ccc(Cl)c(F)c3F)n1)OC[C@]2(C)C(N)=O. The summed E-state index contributed by atoms with van der Waals surface area (Å²) in [6.07, 6.45) is 5.61. The largest absolute Gasteiger partial charge is 0.494 e. The van der Waals surface area contributed by atoms with Crippen molar-refractivity contribution in [2.75, 3.05) is 20.3 Å². The average molecular weight is 608 g/mol. The van der Waals surface area contributed by atoms with Gasteiger partial charge in [-0.1, -0.05) is 17.7 Å². The van der Waals surface area contributed by atoms with E-state index in [0.717, 1.165) is 18.2 Å². The van der Waals surface area contributed by atoms with Crippen molar-refractivity contribution in [3.63, 3.8) is 0 Å². The van der Waals surface area contributed by atoms with Gasteiger partial charge in [-0.05, 0) is 50.1 Å². The molecule has 0 bridgehead atoms. The van der Waals surface area contributed by atoms with Gasteiger partial charge in [0.05, 0.1) is 23.9 Å². The summed E-state index contributed by atoms with van der Waals surface area (Å²) in [5.74, 6) is -3.47. The fourth-order valence-corrected chi connectivity index (χ4v) is 5.38. The maximum Gasteiger partial charge on any atom is 0.251 e. The fraction of sp³-hybridized carbons (Fsp3) is 0.290. The molecule has 2 aliphatic rings. The predicted octanol–water partition coefficient (Wildman–Crippen LogP) is 5.21. The molecule has 2 atom stereocenters. The lowest BCUT2D eigenvalue weighted by atomic mass is 9.82. The molecule has 222 valence electrons. The van der Waals surface area contributed by atoms with Gasteiger partial charge in [-0.15, -0.1) is 6.58 Å². The number of carbonyl (C=O) groups excluding carboxylic acids is 2. The molecule has 1 fully saturated rings. The van der Waals surface area contributed by atoms with Gasteiger partial charge in [-0.3, -0.25) is 14.3 Å². The normalized spacial score (nSPS) is 18.2. The highest BCUT2D eigenvalue weighted by atomic mass is 35.5. The molecule has 0 unspecified atom stereocenters. The van der Waals surface area contributed by atoms with E-state index in [1.54, 1.807) is 31.2 Å². The Kier molecular flexibility index (Phi) is 7.08. The number of hydrogen-bond acceptors (Lipinski definition) is 6. The summed E-state index contributed by atoms with van der Waals surface area (Å²) in [7, 11) is 1.52. The Morgan fingerprint density at radius 1 is 1.30 bits per heavy atom. The number of rotatable bonds is 9. The Hall–Kier alpha value is -4.51. The van der Waals surface area contributed by atoms with E-state index < -0.39 is 33.9 Å². The zero-order chi connectivity index (χ0) is 30.6. The Morgan fingerprint density at radius 2 is 2.07 bits per heavy atom. The molecule has 43 heavy (non-hydrogen) atoms. The van der Waals surface area contributed by atoms with Crippen molar-refractivity contribution in [1.29, 1.82) is 0 Å². The van der Waals surface area contributed by atoms with Crippen LogP contribution in [0.25, 0.3) is 22.2 Å². The molecule has 4 aromatic rings. The number of fused-ring (bicyclic) bond motifs is 2. The first-order valence-corrected chi connectivity index (χ1v) is 14.0. The topological polar surface area (TPSA) is 121 Å². The zero-order valence-corrected chi connectivity index (χ0v) is 24.2. The molecule has 6 rings (SSSR count). The van der Waals surface area contributed by atoms with Crippen LogP contribution in [0, 0.1) is 11.6 Å². The molecule has 0 radical (unpaired) electrons. The van der Waals surface area contributed by atoms with E-state index in [1.807, 2.05) is 10.9 Å². The van der Waals surface area contributed by atoms with Crippen LogP contribution in [-0.2, 0) is 10.2 Å². The Labute approximate surface area is 250 Å². The molecule has 12 heteroatoms. The number of pyridine rings is 1. The highest BCUT2D eigenvalue weighted by molar-refractivity contribution is 6.30. The quantitative estimate of drug-likeness (QED) is 0.199. The number of halogens is 3. The van der Waals surface area contributed by atoms with Crippen LogP contribution in [0.1, 0.15) is 53.3 Å². The number of amides is 2. The summed E-state index contributed by atoms with van der Waals surface area (Å²) in [6, 6.07) is 7.87. The van der Waals surface area contributed by atoms with Gasteiger partial charge < -0.3 is 20.5 Å². The van der Waals surface area contributed by atoms with Gasteiger partial charge in [0.25, 0.3) is 5.91 Å². The van der Waals surface area contributed by atoms with Crippen LogP contribution in [0.4, 0.5) is 8.78 Å². The Morgan fingerprint density at radius 3 is 2.74 bits per heavy atom. The van der Waals surface area contributed by atoms with E-state index in [9.17, 15) is 14.0 Å². The van der Waals surface area contributed by atoms with Crippen molar-refractivity contribution < 1.29 is 27.8 Å². The standard InChI is InChI=1S/C31H28ClF2N5O4/c1-4-15(12-36-29(40)16-9-17-13-39(18-5-6-18)38-26(17)23(10-16)42-3)22-11-20-28(43-14-31(20,2)30(35)41)27(37-22)19-7-8-21(32)25(34)24(19)33/h4,7-11,13,15,18H,1,5-6,12,14H2,2-3H3,(H2,35,41)(H,36,40)/t15-,31+/m1/s1. The second kappa shape index (κ2) is 10.6. The molecule has 0 spiro atoms. The van der Waals surface area contributed by atoms with E-state index >= 15 is 4.39 Å². The molecule has 2 aromatic heterocycles. The van der Waals surface area contributed by atoms with Gasteiger partial charge in [0.15, 0.2) is 11.6 Å². The molecule has 1 aliphatic heterocycles. The van der Waals surface area contributed by atoms with Crippen LogP contribution in [0.3, 0.4) is 0 Å². The minimum atomic E-state index is -1.25. The van der Waals surface area contributed by atoms with Crippen LogP contribution in [0.15, 0.2) is 49.2 Å². The number of nitrogens with two attached hydrogens (primary N) is 1. The number of hydrogen-bond donors (Lipinski definition) is 2. The number of nitrogens with one attached hydrogen (secondary N) is 1. The van der Waals surface area contributed by atoms with Crippen molar-refractivity contribution in [3.8, 4) is 22.8 Å². The molecular formula is C31H28ClF2N5O4. The van der Waals surface area contributed by atoms with Gasteiger partial charge in [0.1, 0.15) is 34.7 Å². The zero-order valence-electron chi connectivity index (χ0n) is 23.4. The number of nitrogens with zero attached hydrogens (tertiary/aromatic N) is 3. The highest BCUT2D eigenvalue weighted by Gasteiger charge is 2.44. The third-order valence-corrected chi connectivity index (χ3v) is 8.36. The number of carbonyl (C=O) groups is 2. The van der Waals surface area contributed by atoms with Crippen molar-refractivity contribution in [2.45, 2.75) is 37.1 Å². The number of methoxy groups -OCH3 is 1. The summed E-state index contributed by atoms with van der Waals surface area (Å²) in [5.41, 5.74) is 6.02. The van der Waals surface area contributed by atoms with Gasteiger partial charge in [-0.2, -0.15) is 5.10 Å². The second-order valence-electron chi connectivity index (χ2n) is 11.0. The Balaban J connectivity index is 1.34. The van der Waals surface area contributed by atoms with Crippen molar-refractivity contribution in [2.24, 2.45) is 5.73 Å². The van der Waals surface area contributed by atoms with Crippen LogP contribution < -0.4 is 20.5 Å². The maximum atomic E-state index is 15.1. The summed E-state index contributed by atoms with van der Waals surface area (Å²) in [6.45, 7) is 5.45. The number of ether oxygens (including phenoxy) is 2.